The summed E-state index contributed by atoms with van der Waals surface area (Å²) < 4.78 is 31.8. The summed E-state index contributed by atoms with van der Waals surface area (Å²) in [6, 6.07) is 0.452. The molecule has 0 radical (unpaired) electrons. The Kier molecular flexibility index (Phi) is 8.16. The first-order valence-electron chi connectivity index (χ1n) is 8.23. The molecule has 1 saturated heterocycles. The lowest BCUT2D eigenvalue weighted by atomic mass is 9.91. The fourth-order valence-corrected chi connectivity index (χ4v) is 4.15. The molecular weight excluding hydrogens is 288 g/mol. The molecule has 6 heteroatoms. The highest BCUT2D eigenvalue weighted by Gasteiger charge is 2.33. The van der Waals surface area contributed by atoms with Gasteiger partial charge in [0.25, 0.3) is 0 Å². The summed E-state index contributed by atoms with van der Waals surface area (Å²) in [6.07, 6.45) is 3.10. The van der Waals surface area contributed by atoms with E-state index in [0.29, 0.717) is 25.0 Å². The summed E-state index contributed by atoms with van der Waals surface area (Å²) in [6.45, 7) is 10.7. The maximum Gasteiger partial charge on any atom is 0.216 e. The second kappa shape index (κ2) is 9.08. The van der Waals surface area contributed by atoms with Crippen LogP contribution in [0, 0.1) is 5.92 Å². The first kappa shape index (κ1) is 18.9. The molecule has 2 unspecified atom stereocenters. The predicted molar refractivity (Wildman–Crippen MR) is 86.9 cm³/mol. The van der Waals surface area contributed by atoms with Gasteiger partial charge >= 0.3 is 0 Å². The molecule has 1 aliphatic heterocycles. The van der Waals surface area contributed by atoms with Crippen LogP contribution in [0.1, 0.15) is 47.0 Å². The van der Waals surface area contributed by atoms with Gasteiger partial charge in [0.05, 0.1) is 18.5 Å². The van der Waals surface area contributed by atoms with E-state index in [1.165, 1.54) is 0 Å². The Bertz CT molecular complexity index is 384. The van der Waals surface area contributed by atoms with Gasteiger partial charge in [-0.2, -0.15) is 0 Å². The Balaban J connectivity index is 2.53. The number of hydrogen-bond donors (Lipinski definition) is 1. The van der Waals surface area contributed by atoms with Crippen LogP contribution in [-0.4, -0.2) is 56.9 Å². The zero-order valence-electron chi connectivity index (χ0n) is 14.0. The number of nitrogens with zero attached hydrogens (tertiary/aromatic N) is 1. The Morgan fingerprint density at radius 2 is 2.05 bits per heavy atom. The summed E-state index contributed by atoms with van der Waals surface area (Å²) in [7, 11) is -3.19. The average molecular weight is 320 g/mol. The van der Waals surface area contributed by atoms with Gasteiger partial charge in [0.15, 0.2) is 0 Å². The lowest BCUT2D eigenvalue weighted by Crippen LogP contribution is -2.51. The van der Waals surface area contributed by atoms with Crippen LogP contribution < -0.4 is 5.32 Å². The van der Waals surface area contributed by atoms with Crippen molar-refractivity contribution in [2.75, 3.05) is 32.0 Å². The Labute approximate surface area is 130 Å². The van der Waals surface area contributed by atoms with Crippen molar-refractivity contribution in [3.63, 3.8) is 0 Å². The van der Waals surface area contributed by atoms with Gasteiger partial charge in [0.2, 0.25) is 10.0 Å². The molecule has 1 rings (SSSR count). The maximum absolute atomic E-state index is 12.4. The van der Waals surface area contributed by atoms with Gasteiger partial charge in [-0.15, -0.1) is 0 Å². The molecule has 1 fully saturated rings. The molecule has 0 bridgehead atoms. The topological polar surface area (TPSA) is 58.6 Å². The Hall–Kier alpha value is -0.170. The second-order valence-electron chi connectivity index (χ2n) is 6.11. The molecule has 0 aliphatic carbocycles. The molecule has 5 nitrogen and oxygen atoms in total. The lowest BCUT2D eigenvalue weighted by Gasteiger charge is -2.38. The molecule has 1 aliphatic rings. The summed E-state index contributed by atoms with van der Waals surface area (Å²) in [5, 5.41) is 3.56. The molecule has 0 saturated carbocycles. The molecule has 1 heterocycles. The first-order chi connectivity index (χ1) is 9.90. The highest BCUT2D eigenvalue weighted by atomic mass is 32.2. The van der Waals surface area contributed by atoms with E-state index >= 15 is 0 Å². The van der Waals surface area contributed by atoms with Gasteiger partial charge in [-0.25, -0.2) is 12.7 Å². The molecule has 0 aromatic heterocycles. The molecule has 21 heavy (non-hydrogen) atoms. The molecule has 1 N–H and O–H groups in total. The fourth-order valence-electron chi connectivity index (χ4n) is 2.78. The molecule has 126 valence electrons. The Morgan fingerprint density at radius 1 is 1.33 bits per heavy atom. The maximum atomic E-state index is 12.4. The number of ether oxygens (including phenoxy) is 1. The van der Waals surface area contributed by atoms with E-state index in [9.17, 15) is 8.42 Å². The zero-order chi connectivity index (χ0) is 15.9. The zero-order valence-corrected chi connectivity index (χ0v) is 14.8. The third kappa shape index (κ3) is 6.22. The van der Waals surface area contributed by atoms with E-state index in [-0.39, 0.29) is 18.5 Å². The molecule has 0 aromatic rings. The average Bonchev–Trinajstić information content (AvgIpc) is 2.44. The van der Waals surface area contributed by atoms with Crippen molar-refractivity contribution in [3.8, 4) is 0 Å². The van der Waals surface area contributed by atoms with Crippen LogP contribution in [0.15, 0.2) is 0 Å². The largest absolute Gasteiger partial charge is 0.378 e. The van der Waals surface area contributed by atoms with Gasteiger partial charge in [-0.3, -0.25) is 0 Å². The number of hydrogen-bond acceptors (Lipinski definition) is 4. The van der Waals surface area contributed by atoms with Crippen LogP contribution >= 0.6 is 0 Å². The summed E-state index contributed by atoms with van der Waals surface area (Å²) in [5.74, 6) is 0.500. The first-order valence-corrected chi connectivity index (χ1v) is 9.84. The highest BCUT2D eigenvalue weighted by molar-refractivity contribution is 7.89. The van der Waals surface area contributed by atoms with Crippen molar-refractivity contribution in [3.05, 3.63) is 0 Å². The quantitative estimate of drug-likeness (QED) is 0.704. The lowest BCUT2D eigenvalue weighted by molar-refractivity contribution is 0.0902. The van der Waals surface area contributed by atoms with Gasteiger partial charge in [-0.05, 0) is 39.2 Å². The van der Waals surface area contributed by atoms with Crippen molar-refractivity contribution < 1.29 is 13.2 Å². The van der Waals surface area contributed by atoms with Crippen LogP contribution in [0.25, 0.3) is 0 Å². The van der Waals surface area contributed by atoms with E-state index in [4.69, 9.17) is 4.74 Å². The van der Waals surface area contributed by atoms with E-state index < -0.39 is 10.0 Å². The standard InChI is InChI=1S/C15H32N2O3S/c1-5-8-16-15-7-9-17(12-14(15)6-2)21(18,19)11-10-20-13(3)4/h13-16H,5-12H2,1-4H3. The van der Waals surface area contributed by atoms with E-state index in [2.05, 4.69) is 19.2 Å². The molecule has 0 spiro atoms. The minimum atomic E-state index is -3.19. The minimum absolute atomic E-state index is 0.0765. The number of rotatable bonds is 9. The van der Waals surface area contributed by atoms with Crippen molar-refractivity contribution in [1.29, 1.82) is 0 Å². The minimum Gasteiger partial charge on any atom is -0.378 e. The summed E-state index contributed by atoms with van der Waals surface area (Å²) >= 11 is 0. The summed E-state index contributed by atoms with van der Waals surface area (Å²) in [4.78, 5) is 0. The highest BCUT2D eigenvalue weighted by Crippen LogP contribution is 2.22. The number of nitrogens with one attached hydrogen (secondary N) is 1. The van der Waals surface area contributed by atoms with Crippen LogP contribution in [0.4, 0.5) is 0 Å². The second-order valence-corrected chi connectivity index (χ2v) is 8.20. The molecule has 0 amide bonds. The smallest absolute Gasteiger partial charge is 0.216 e. The third-order valence-corrected chi connectivity index (χ3v) is 5.86. The normalized spacial score (nSPS) is 24.6. The van der Waals surface area contributed by atoms with Gasteiger partial charge in [-0.1, -0.05) is 20.3 Å². The molecular formula is C15H32N2O3S. The van der Waals surface area contributed by atoms with E-state index in [1.807, 2.05) is 13.8 Å². The molecule has 0 aromatic carbocycles. The van der Waals surface area contributed by atoms with Crippen molar-refractivity contribution >= 4 is 10.0 Å². The van der Waals surface area contributed by atoms with Gasteiger partial charge in [0.1, 0.15) is 0 Å². The SMILES string of the molecule is CCCNC1CCN(S(=O)(=O)CCOC(C)C)CC1CC. The van der Waals surface area contributed by atoms with Crippen LogP contribution in [-0.2, 0) is 14.8 Å². The van der Waals surface area contributed by atoms with Crippen molar-refractivity contribution in [1.82, 2.24) is 9.62 Å². The van der Waals surface area contributed by atoms with Crippen LogP contribution in [0.3, 0.4) is 0 Å². The number of sulfonamides is 1. The van der Waals surface area contributed by atoms with Crippen molar-refractivity contribution in [2.45, 2.75) is 59.1 Å². The summed E-state index contributed by atoms with van der Waals surface area (Å²) in [5.41, 5.74) is 0. The van der Waals surface area contributed by atoms with Gasteiger partial charge in [0, 0.05) is 19.1 Å². The van der Waals surface area contributed by atoms with Crippen LogP contribution in [0.2, 0.25) is 0 Å². The monoisotopic (exact) mass is 320 g/mol. The number of piperidine rings is 1. The Morgan fingerprint density at radius 3 is 2.62 bits per heavy atom. The molecule has 2 atom stereocenters. The van der Waals surface area contributed by atoms with Gasteiger partial charge < -0.3 is 10.1 Å². The predicted octanol–water partition coefficient (Wildman–Crippen LogP) is 1.84. The van der Waals surface area contributed by atoms with E-state index in [0.717, 1.165) is 25.8 Å². The van der Waals surface area contributed by atoms with Crippen LogP contribution in [0.5, 0.6) is 0 Å². The third-order valence-electron chi connectivity index (χ3n) is 4.06. The van der Waals surface area contributed by atoms with E-state index in [1.54, 1.807) is 4.31 Å². The fraction of sp³-hybridized carbons (Fsp3) is 1.00. The van der Waals surface area contributed by atoms with Crippen molar-refractivity contribution in [2.24, 2.45) is 5.92 Å².